The van der Waals surface area contributed by atoms with E-state index >= 15 is 0 Å². The first-order chi connectivity index (χ1) is 9.00. The van der Waals surface area contributed by atoms with Crippen molar-refractivity contribution in [1.29, 1.82) is 0 Å². The second-order valence-corrected chi connectivity index (χ2v) is 5.22. The van der Waals surface area contributed by atoms with Crippen LogP contribution in [0.4, 0.5) is 5.69 Å². The molecule has 0 unspecified atom stereocenters. The molecule has 0 aliphatic rings. The van der Waals surface area contributed by atoms with Crippen molar-refractivity contribution in [3.63, 3.8) is 0 Å². The van der Waals surface area contributed by atoms with E-state index in [-0.39, 0.29) is 5.91 Å². The number of amides is 1. The summed E-state index contributed by atoms with van der Waals surface area (Å²) in [6.07, 6.45) is 0.429. The molecule has 1 amide bonds. The zero-order valence-electron chi connectivity index (χ0n) is 11.4. The average Bonchev–Trinajstić information content (AvgIpc) is 2.36. The lowest BCUT2D eigenvalue weighted by Crippen LogP contribution is -2.28. The fraction of sp³-hybridized carbons (Fsp3) is 0.429. The molecular weight excluding hydrogens is 258 g/mol. The number of nitrogens with one attached hydrogen (secondary N) is 2. The monoisotopic (exact) mass is 279 g/mol. The molecule has 0 spiro atoms. The van der Waals surface area contributed by atoms with Crippen LogP contribution in [-0.2, 0) is 4.79 Å². The molecule has 0 aliphatic heterocycles. The fourth-order valence-electron chi connectivity index (χ4n) is 1.57. The highest BCUT2D eigenvalue weighted by atomic mass is 32.1. The lowest BCUT2D eigenvalue weighted by atomic mass is 10.1. The van der Waals surface area contributed by atoms with Crippen molar-refractivity contribution in [3.8, 4) is 0 Å². The van der Waals surface area contributed by atoms with Crippen LogP contribution in [-0.4, -0.2) is 24.0 Å². The minimum atomic E-state index is 0.0500. The predicted molar refractivity (Wildman–Crippen MR) is 83.3 cm³/mol. The molecule has 0 aromatic heterocycles. The van der Waals surface area contributed by atoms with Gasteiger partial charge in [-0.1, -0.05) is 38.2 Å². The summed E-state index contributed by atoms with van der Waals surface area (Å²) < 4.78 is 0. The van der Waals surface area contributed by atoms with Crippen molar-refractivity contribution >= 4 is 28.8 Å². The third-order valence-electron chi connectivity index (χ3n) is 2.57. The molecule has 1 aromatic carbocycles. The lowest BCUT2D eigenvalue weighted by molar-refractivity contribution is -0.120. The fourth-order valence-corrected chi connectivity index (χ4v) is 1.75. The quantitative estimate of drug-likeness (QED) is 0.667. The van der Waals surface area contributed by atoms with Crippen LogP contribution in [0.5, 0.6) is 0 Å². The molecule has 1 rings (SSSR count). The Morgan fingerprint density at radius 3 is 2.68 bits per heavy atom. The van der Waals surface area contributed by atoms with Crippen LogP contribution in [0.15, 0.2) is 24.3 Å². The summed E-state index contributed by atoms with van der Waals surface area (Å²) in [6, 6.07) is 7.56. The van der Waals surface area contributed by atoms with Gasteiger partial charge in [0.15, 0.2) is 0 Å². The van der Waals surface area contributed by atoms with E-state index in [1.807, 2.05) is 24.3 Å². The number of rotatable bonds is 7. The number of carbonyl (C=O) groups is 1. The number of para-hydroxylation sites is 1. The van der Waals surface area contributed by atoms with Gasteiger partial charge in [0.25, 0.3) is 0 Å². The molecule has 0 aliphatic carbocycles. The van der Waals surface area contributed by atoms with E-state index < -0.39 is 0 Å². The van der Waals surface area contributed by atoms with Crippen LogP contribution in [0.3, 0.4) is 0 Å². The van der Waals surface area contributed by atoms with Gasteiger partial charge < -0.3 is 16.4 Å². The first-order valence-corrected chi connectivity index (χ1v) is 6.81. The molecule has 0 saturated carbocycles. The van der Waals surface area contributed by atoms with Crippen molar-refractivity contribution in [2.24, 2.45) is 11.7 Å². The number of hydrogen-bond acceptors (Lipinski definition) is 3. The van der Waals surface area contributed by atoms with Crippen molar-refractivity contribution in [1.82, 2.24) is 5.32 Å². The maximum Gasteiger partial charge on any atom is 0.221 e. The van der Waals surface area contributed by atoms with Gasteiger partial charge in [-0.2, -0.15) is 0 Å². The van der Waals surface area contributed by atoms with Crippen molar-refractivity contribution < 1.29 is 4.79 Å². The lowest BCUT2D eigenvalue weighted by Gasteiger charge is -2.11. The Hall–Kier alpha value is -1.62. The van der Waals surface area contributed by atoms with E-state index in [9.17, 15) is 4.79 Å². The van der Waals surface area contributed by atoms with Crippen LogP contribution in [0.25, 0.3) is 0 Å². The summed E-state index contributed by atoms with van der Waals surface area (Å²) in [5.41, 5.74) is 7.31. The number of benzene rings is 1. The summed E-state index contributed by atoms with van der Waals surface area (Å²) in [5, 5.41) is 6.06. The van der Waals surface area contributed by atoms with E-state index in [1.54, 1.807) is 0 Å². The van der Waals surface area contributed by atoms with Gasteiger partial charge in [-0.3, -0.25) is 4.79 Å². The van der Waals surface area contributed by atoms with Gasteiger partial charge in [0, 0.05) is 30.8 Å². The molecule has 1 aromatic rings. The highest BCUT2D eigenvalue weighted by molar-refractivity contribution is 7.80. The van der Waals surface area contributed by atoms with Gasteiger partial charge in [0.05, 0.1) is 0 Å². The first-order valence-electron chi connectivity index (χ1n) is 6.40. The zero-order valence-corrected chi connectivity index (χ0v) is 12.2. The van der Waals surface area contributed by atoms with E-state index in [0.29, 0.717) is 30.4 Å². The molecule has 5 heteroatoms. The molecule has 0 bridgehead atoms. The molecule has 0 fully saturated rings. The molecule has 0 atom stereocenters. The summed E-state index contributed by atoms with van der Waals surface area (Å²) >= 11 is 4.98. The SMILES string of the molecule is CC(C)CNC(=O)CCNc1ccccc1C(N)=S. The van der Waals surface area contributed by atoms with Crippen LogP contribution in [0, 0.1) is 5.92 Å². The van der Waals surface area contributed by atoms with Crippen molar-refractivity contribution in [2.45, 2.75) is 20.3 Å². The molecular formula is C14H21N3OS. The topological polar surface area (TPSA) is 67.2 Å². The van der Waals surface area contributed by atoms with Crippen LogP contribution < -0.4 is 16.4 Å². The van der Waals surface area contributed by atoms with Gasteiger partial charge in [-0.15, -0.1) is 0 Å². The minimum absolute atomic E-state index is 0.0500. The van der Waals surface area contributed by atoms with Gasteiger partial charge in [0.2, 0.25) is 5.91 Å². The zero-order chi connectivity index (χ0) is 14.3. The summed E-state index contributed by atoms with van der Waals surface area (Å²) in [6.45, 7) is 5.40. The second kappa shape index (κ2) is 7.74. The Bertz CT molecular complexity index is 446. The van der Waals surface area contributed by atoms with Crippen LogP contribution in [0.1, 0.15) is 25.8 Å². The normalized spacial score (nSPS) is 10.3. The molecule has 0 heterocycles. The van der Waals surface area contributed by atoms with Crippen molar-refractivity contribution in [2.75, 3.05) is 18.4 Å². The molecule has 0 saturated heterocycles. The van der Waals surface area contributed by atoms with E-state index in [2.05, 4.69) is 24.5 Å². The summed E-state index contributed by atoms with van der Waals surface area (Å²) in [5.74, 6) is 0.515. The molecule has 0 radical (unpaired) electrons. The Morgan fingerprint density at radius 1 is 1.37 bits per heavy atom. The van der Waals surface area contributed by atoms with Gasteiger partial charge in [-0.05, 0) is 18.1 Å². The largest absolute Gasteiger partial charge is 0.389 e. The van der Waals surface area contributed by atoms with E-state index in [0.717, 1.165) is 11.3 Å². The highest BCUT2D eigenvalue weighted by Crippen LogP contribution is 2.14. The number of nitrogens with two attached hydrogens (primary N) is 1. The smallest absolute Gasteiger partial charge is 0.221 e. The van der Waals surface area contributed by atoms with Crippen molar-refractivity contribution in [3.05, 3.63) is 29.8 Å². The molecule has 4 N–H and O–H groups in total. The first kappa shape index (κ1) is 15.4. The Morgan fingerprint density at radius 2 is 2.05 bits per heavy atom. The Kier molecular flexibility index (Phi) is 6.29. The minimum Gasteiger partial charge on any atom is -0.389 e. The highest BCUT2D eigenvalue weighted by Gasteiger charge is 2.05. The van der Waals surface area contributed by atoms with Gasteiger partial charge >= 0.3 is 0 Å². The van der Waals surface area contributed by atoms with E-state index in [1.165, 1.54) is 0 Å². The van der Waals surface area contributed by atoms with E-state index in [4.69, 9.17) is 18.0 Å². The van der Waals surface area contributed by atoms with Crippen LogP contribution in [0.2, 0.25) is 0 Å². The maximum atomic E-state index is 11.6. The Labute approximate surface area is 119 Å². The number of anilines is 1. The van der Waals surface area contributed by atoms with Crippen LogP contribution >= 0.6 is 12.2 Å². The molecule has 19 heavy (non-hydrogen) atoms. The number of thiocarbonyl (C=S) groups is 1. The predicted octanol–water partition coefficient (Wildman–Crippen LogP) is 1.89. The molecule has 104 valence electrons. The van der Waals surface area contributed by atoms with Gasteiger partial charge in [-0.25, -0.2) is 0 Å². The average molecular weight is 279 g/mol. The standard InChI is InChI=1S/C14H21N3OS/c1-10(2)9-17-13(18)7-8-16-12-6-4-3-5-11(12)14(15)19/h3-6,10,16H,7-9H2,1-2H3,(H2,15,19)(H,17,18). The molecule has 4 nitrogen and oxygen atoms in total. The van der Waals surface area contributed by atoms with Gasteiger partial charge in [0.1, 0.15) is 4.99 Å². The second-order valence-electron chi connectivity index (χ2n) is 4.78. The number of carbonyl (C=O) groups excluding carboxylic acids is 1. The summed E-state index contributed by atoms with van der Waals surface area (Å²) in [7, 11) is 0. The maximum absolute atomic E-state index is 11.6. The number of hydrogen-bond donors (Lipinski definition) is 3. The third-order valence-corrected chi connectivity index (χ3v) is 2.79. The Balaban J connectivity index is 2.41. The summed E-state index contributed by atoms with van der Waals surface area (Å²) in [4.78, 5) is 11.9. The third kappa shape index (κ3) is 5.70.